The van der Waals surface area contributed by atoms with Gasteiger partial charge in [0.15, 0.2) is 5.82 Å². The van der Waals surface area contributed by atoms with Gasteiger partial charge in [0.25, 0.3) is 0 Å². The Labute approximate surface area is 139 Å². The fourth-order valence-electron chi connectivity index (χ4n) is 2.85. The molecule has 8 nitrogen and oxygen atoms in total. The number of aromatic nitrogens is 6. The van der Waals surface area contributed by atoms with E-state index in [1.54, 1.807) is 12.4 Å². The maximum atomic E-state index is 5.31. The smallest absolute Gasteiger partial charge is 0.240 e. The molecular weight excluding hydrogens is 306 g/mol. The summed E-state index contributed by atoms with van der Waals surface area (Å²) in [6.45, 7) is 3.45. The van der Waals surface area contributed by atoms with Crippen LogP contribution in [0.25, 0.3) is 11.4 Å². The Morgan fingerprint density at radius 1 is 1.38 bits per heavy atom. The first-order valence-corrected chi connectivity index (χ1v) is 8.21. The standard InChI is InChI=1S/C16H19N7O/c1-2-13-19-14-6-5-12(10-23(14)21-13)18-9-15-20-16(22-24-15)11-4-3-7-17-8-11/h3-4,7-8,12,18H,2,5-6,9-10H2,1H3/t12-/m1/s1. The Morgan fingerprint density at radius 3 is 3.17 bits per heavy atom. The number of rotatable bonds is 5. The molecule has 4 heterocycles. The van der Waals surface area contributed by atoms with Crippen LogP contribution in [0.15, 0.2) is 29.0 Å². The van der Waals surface area contributed by atoms with E-state index in [9.17, 15) is 0 Å². The molecule has 124 valence electrons. The number of fused-ring (bicyclic) bond motifs is 1. The molecular formula is C16H19N7O. The lowest BCUT2D eigenvalue weighted by Crippen LogP contribution is -2.37. The zero-order chi connectivity index (χ0) is 16.4. The molecule has 0 bridgehead atoms. The van der Waals surface area contributed by atoms with Crippen molar-refractivity contribution in [1.82, 2.24) is 35.2 Å². The van der Waals surface area contributed by atoms with E-state index >= 15 is 0 Å². The molecule has 0 radical (unpaired) electrons. The van der Waals surface area contributed by atoms with Gasteiger partial charge < -0.3 is 9.84 Å². The van der Waals surface area contributed by atoms with Gasteiger partial charge in [0.1, 0.15) is 5.82 Å². The van der Waals surface area contributed by atoms with Gasteiger partial charge in [0.05, 0.1) is 13.1 Å². The van der Waals surface area contributed by atoms with Gasteiger partial charge in [0, 0.05) is 36.8 Å². The molecule has 0 saturated carbocycles. The highest BCUT2D eigenvalue weighted by Gasteiger charge is 2.21. The monoisotopic (exact) mass is 325 g/mol. The van der Waals surface area contributed by atoms with Crippen molar-refractivity contribution < 1.29 is 4.52 Å². The molecule has 0 aliphatic carbocycles. The minimum absolute atomic E-state index is 0.331. The Balaban J connectivity index is 1.37. The topological polar surface area (TPSA) is 94.6 Å². The van der Waals surface area contributed by atoms with E-state index in [1.807, 2.05) is 16.8 Å². The van der Waals surface area contributed by atoms with Crippen LogP contribution >= 0.6 is 0 Å². The maximum absolute atomic E-state index is 5.31. The van der Waals surface area contributed by atoms with Crippen molar-refractivity contribution in [3.05, 3.63) is 42.1 Å². The summed E-state index contributed by atoms with van der Waals surface area (Å²) in [5.74, 6) is 3.15. The normalized spacial score (nSPS) is 17.0. The number of hydrogen-bond acceptors (Lipinski definition) is 7. The van der Waals surface area contributed by atoms with Gasteiger partial charge in [-0.05, 0) is 18.6 Å². The van der Waals surface area contributed by atoms with Gasteiger partial charge >= 0.3 is 0 Å². The molecule has 1 aliphatic heterocycles. The van der Waals surface area contributed by atoms with Gasteiger partial charge in [-0.3, -0.25) is 4.98 Å². The van der Waals surface area contributed by atoms with Gasteiger partial charge in [-0.15, -0.1) is 0 Å². The molecule has 8 heteroatoms. The summed E-state index contributed by atoms with van der Waals surface area (Å²) < 4.78 is 7.32. The third-order valence-corrected chi connectivity index (χ3v) is 4.15. The van der Waals surface area contributed by atoms with E-state index in [-0.39, 0.29) is 0 Å². The molecule has 0 amide bonds. The molecule has 1 N–H and O–H groups in total. The first kappa shape index (κ1) is 14.9. The third kappa shape index (κ3) is 3.05. The van der Waals surface area contributed by atoms with Crippen molar-refractivity contribution in [3.63, 3.8) is 0 Å². The quantitative estimate of drug-likeness (QED) is 0.757. The minimum atomic E-state index is 0.331. The molecule has 0 saturated heterocycles. The highest BCUT2D eigenvalue weighted by molar-refractivity contribution is 5.51. The Hall–Kier alpha value is -2.61. The predicted octanol–water partition coefficient (Wildman–Crippen LogP) is 1.39. The van der Waals surface area contributed by atoms with Crippen LogP contribution in [-0.4, -0.2) is 35.9 Å². The Bertz CT molecular complexity index is 811. The fourth-order valence-corrected chi connectivity index (χ4v) is 2.85. The summed E-state index contributed by atoms with van der Waals surface area (Å²) >= 11 is 0. The molecule has 0 fully saturated rings. The summed E-state index contributed by atoms with van der Waals surface area (Å²) in [7, 11) is 0. The lowest BCUT2D eigenvalue weighted by molar-refractivity contribution is 0.320. The molecule has 0 unspecified atom stereocenters. The molecule has 0 spiro atoms. The average molecular weight is 325 g/mol. The lowest BCUT2D eigenvalue weighted by Gasteiger charge is -2.22. The maximum Gasteiger partial charge on any atom is 0.240 e. The second-order valence-corrected chi connectivity index (χ2v) is 5.85. The van der Waals surface area contributed by atoms with E-state index in [1.165, 1.54) is 0 Å². The Morgan fingerprint density at radius 2 is 2.33 bits per heavy atom. The van der Waals surface area contributed by atoms with E-state index in [4.69, 9.17) is 4.52 Å². The highest BCUT2D eigenvalue weighted by atomic mass is 16.5. The van der Waals surface area contributed by atoms with E-state index in [2.05, 4.69) is 37.4 Å². The van der Waals surface area contributed by atoms with E-state index in [0.717, 1.165) is 43.0 Å². The summed E-state index contributed by atoms with van der Waals surface area (Å²) in [6, 6.07) is 4.09. The number of pyridine rings is 1. The summed E-state index contributed by atoms with van der Waals surface area (Å²) in [5, 5.41) is 12.0. The van der Waals surface area contributed by atoms with Crippen molar-refractivity contribution in [1.29, 1.82) is 0 Å². The molecule has 4 rings (SSSR count). The second-order valence-electron chi connectivity index (χ2n) is 5.85. The summed E-state index contributed by atoms with van der Waals surface area (Å²) in [6.07, 6.45) is 6.29. The number of aryl methyl sites for hydroxylation is 2. The van der Waals surface area contributed by atoms with E-state index < -0.39 is 0 Å². The first-order valence-electron chi connectivity index (χ1n) is 8.21. The SMILES string of the molecule is CCc1nc2n(n1)C[C@H](NCc1nc(-c3cccnc3)no1)CC2. The largest absolute Gasteiger partial charge is 0.338 e. The van der Waals surface area contributed by atoms with Crippen molar-refractivity contribution >= 4 is 0 Å². The van der Waals surface area contributed by atoms with Gasteiger partial charge in [-0.1, -0.05) is 12.1 Å². The predicted molar refractivity (Wildman–Crippen MR) is 85.9 cm³/mol. The molecule has 24 heavy (non-hydrogen) atoms. The second kappa shape index (κ2) is 6.48. The van der Waals surface area contributed by atoms with Crippen LogP contribution in [0.2, 0.25) is 0 Å². The van der Waals surface area contributed by atoms with Gasteiger partial charge in [0.2, 0.25) is 11.7 Å². The van der Waals surface area contributed by atoms with Crippen LogP contribution in [-0.2, 0) is 25.9 Å². The third-order valence-electron chi connectivity index (χ3n) is 4.15. The zero-order valence-corrected chi connectivity index (χ0v) is 13.5. The van der Waals surface area contributed by atoms with Crippen molar-refractivity contribution in [3.8, 4) is 11.4 Å². The van der Waals surface area contributed by atoms with Crippen LogP contribution in [0.4, 0.5) is 0 Å². The van der Waals surface area contributed by atoms with Crippen LogP contribution in [0, 0.1) is 0 Å². The molecule has 1 aliphatic rings. The van der Waals surface area contributed by atoms with E-state index in [0.29, 0.717) is 24.3 Å². The Kier molecular flexibility index (Phi) is 4.04. The minimum Gasteiger partial charge on any atom is -0.338 e. The number of hydrogen-bond donors (Lipinski definition) is 1. The lowest BCUT2D eigenvalue weighted by atomic mass is 10.1. The van der Waals surface area contributed by atoms with Crippen molar-refractivity contribution in [2.75, 3.05) is 0 Å². The van der Waals surface area contributed by atoms with Crippen LogP contribution in [0.5, 0.6) is 0 Å². The van der Waals surface area contributed by atoms with Gasteiger partial charge in [-0.2, -0.15) is 10.1 Å². The average Bonchev–Trinajstić information content (AvgIpc) is 3.27. The molecule has 0 aromatic carbocycles. The van der Waals surface area contributed by atoms with Gasteiger partial charge in [-0.25, -0.2) is 9.67 Å². The highest BCUT2D eigenvalue weighted by Crippen LogP contribution is 2.15. The first-order chi connectivity index (χ1) is 11.8. The van der Waals surface area contributed by atoms with Crippen molar-refractivity contribution in [2.24, 2.45) is 0 Å². The molecule has 3 aromatic heterocycles. The number of nitrogens with one attached hydrogen (secondary N) is 1. The van der Waals surface area contributed by atoms with Crippen LogP contribution in [0.3, 0.4) is 0 Å². The zero-order valence-electron chi connectivity index (χ0n) is 13.5. The summed E-state index contributed by atoms with van der Waals surface area (Å²) in [4.78, 5) is 13.0. The van der Waals surface area contributed by atoms with Crippen molar-refractivity contribution in [2.45, 2.75) is 45.3 Å². The molecule has 3 aromatic rings. The fraction of sp³-hybridized carbons (Fsp3) is 0.438. The number of nitrogens with zero attached hydrogens (tertiary/aromatic N) is 6. The summed E-state index contributed by atoms with van der Waals surface area (Å²) in [5.41, 5.74) is 0.851. The molecule has 1 atom stereocenters. The van der Waals surface area contributed by atoms with Crippen LogP contribution < -0.4 is 5.32 Å². The van der Waals surface area contributed by atoms with Crippen LogP contribution in [0.1, 0.15) is 30.9 Å².